The summed E-state index contributed by atoms with van der Waals surface area (Å²) >= 11 is 4.98. The standard InChI is InChI=1S/C12H13N3S/c13-12(16)9-11(15-8-4-7-14-15)10-5-2-1-3-6-10/h1-8,11H,9H2,(H2,13,16). The molecule has 0 fully saturated rings. The molecule has 82 valence electrons. The van der Waals surface area contributed by atoms with Gasteiger partial charge in [0.1, 0.15) is 0 Å². The highest BCUT2D eigenvalue weighted by atomic mass is 32.1. The monoisotopic (exact) mass is 231 g/mol. The molecule has 0 bridgehead atoms. The van der Waals surface area contributed by atoms with Crippen molar-refractivity contribution < 1.29 is 0 Å². The molecule has 0 amide bonds. The average Bonchev–Trinajstić information content (AvgIpc) is 2.80. The minimum Gasteiger partial charge on any atom is -0.393 e. The van der Waals surface area contributed by atoms with Crippen LogP contribution in [0.5, 0.6) is 0 Å². The maximum Gasteiger partial charge on any atom is 0.0831 e. The minimum atomic E-state index is 0.0914. The van der Waals surface area contributed by atoms with Crippen LogP contribution in [0.4, 0.5) is 0 Å². The van der Waals surface area contributed by atoms with Gasteiger partial charge in [0.2, 0.25) is 0 Å². The summed E-state index contributed by atoms with van der Waals surface area (Å²) in [4.78, 5) is 0.504. The summed E-state index contributed by atoms with van der Waals surface area (Å²) < 4.78 is 1.88. The van der Waals surface area contributed by atoms with Gasteiger partial charge < -0.3 is 5.73 Å². The highest BCUT2D eigenvalue weighted by molar-refractivity contribution is 7.80. The molecule has 2 N–H and O–H groups in total. The van der Waals surface area contributed by atoms with E-state index in [9.17, 15) is 0 Å². The average molecular weight is 231 g/mol. The van der Waals surface area contributed by atoms with Gasteiger partial charge >= 0.3 is 0 Å². The lowest BCUT2D eigenvalue weighted by molar-refractivity contribution is 0.539. The molecule has 2 aromatic rings. The zero-order chi connectivity index (χ0) is 11.4. The molecule has 2 rings (SSSR count). The number of nitrogens with zero attached hydrogens (tertiary/aromatic N) is 2. The first-order chi connectivity index (χ1) is 7.77. The summed E-state index contributed by atoms with van der Waals surface area (Å²) in [5.41, 5.74) is 6.79. The van der Waals surface area contributed by atoms with Crippen molar-refractivity contribution in [3.8, 4) is 0 Å². The zero-order valence-corrected chi connectivity index (χ0v) is 9.60. The Hall–Kier alpha value is -1.68. The van der Waals surface area contributed by atoms with Crippen molar-refractivity contribution in [2.75, 3.05) is 0 Å². The quantitative estimate of drug-likeness (QED) is 0.820. The van der Waals surface area contributed by atoms with Gasteiger partial charge in [0.25, 0.3) is 0 Å². The predicted molar refractivity (Wildman–Crippen MR) is 68.2 cm³/mol. The number of thiocarbonyl (C=S) groups is 1. The Morgan fingerprint density at radius 3 is 2.62 bits per heavy atom. The molecule has 0 aliphatic heterocycles. The van der Waals surface area contributed by atoms with E-state index in [1.165, 1.54) is 5.56 Å². The van der Waals surface area contributed by atoms with Crippen molar-refractivity contribution in [2.45, 2.75) is 12.5 Å². The fourth-order valence-electron chi connectivity index (χ4n) is 1.69. The number of benzene rings is 1. The molecular formula is C12H13N3S. The van der Waals surface area contributed by atoms with Gasteiger partial charge in [-0.15, -0.1) is 0 Å². The van der Waals surface area contributed by atoms with Crippen LogP contribution in [0, 0.1) is 0 Å². The number of aromatic nitrogens is 2. The zero-order valence-electron chi connectivity index (χ0n) is 8.78. The van der Waals surface area contributed by atoms with Crippen LogP contribution in [0.2, 0.25) is 0 Å². The van der Waals surface area contributed by atoms with Gasteiger partial charge in [-0.3, -0.25) is 4.68 Å². The molecule has 0 saturated carbocycles. The second kappa shape index (κ2) is 4.90. The summed E-state index contributed by atoms with van der Waals surface area (Å²) in [6.07, 6.45) is 4.31. The molecule has 1 aromatic carbocycles. The van der Waals surface area contributed by atoms with E-state index in [2.05, 4.69) is 17.2 Å². The van der Waals surface area contributed by atoms with E-state index < -0.39 is 0 Å². The lowest BCUT2D eigenvalue weighted by atomic mass is 10.0. The predicted octanol–water partition coefficient (Wildman–Crippen LogP) is 2.15. The molecule has 3 nitrogen and oxygen atoms in total. The lowest BCUT2D eigenvalue weighted by Crippen LogP contribution is -2.19. The lowest BCUT2D eigenvalue weighted by Gasteiger charge is -2.17. The molecule has 16 heavy (non-hydrogen) atoms. The molecule has 0 aliphatic carbocycles. The summed E-state index contributed by atoms with van der Waals surface area (Å²) in [5.74, 6) is 0. The topological polar surface area (TPSA) is 43.8 Å². The summed E-state index contributed by atoms with van der Waals surface area (Å²) in [6, 6.07) is 12.1. The molecule has 1 aromatic heterocycles. The van der Waals surface area contributed by atoms with E-state index in [-0.39, 0.29) is 6.04 Å². The van der Waals surface area contributed by atoms with Gasteiger partial charge in [-0.1, -0.05) is 42.5 Å². The fourth-order valence-corrected chi connectivity index (χ4v) is 1.85. The maximum atomic E-state index is 5.63. The van der Waals surface area contributed by atoms with Crippen LogP contribution in [0.25, 0.3) is 0 Å². The molecule has 0 spiro atoms. The Bertz CT molecular complexity index is 450. The van der Waals surface area contributed by atoms with E-state index >= 15 is 0 Å². The third kappa shape index (κ3) is 2.46. The molecular weight excluding hydrogens is 218 g/mol. The first kappa shape index (κ1) is 10.8. The van der Waals surface area contributed by atoms with E-state index in [0.717, 1.165) is 0 Å². The van der Waals surface area contributed by atoms with Crippen LogP contribution in [0.15, 0.2) is 48.8 Å². The molecule has 1 atom stereocenters. The van der Waals surface area contributed by atoms with Crippen molar-refractivity contribution in [1.29, 1.82) is 0 Å². The van der Waals surface area contributed by atoms with Gasteiger partial charge in [-0.05, 0) is 11.6 Å². The summed E-state index contributed by atoms with van der Waals surface area (Å²) in [7, 11) is 0. The van der Waals surface area contributed by atoms with Crippen molar-refractivity contribution >= 4 is 17.2 Å². The van der Waals surface area contributed by atoms with E-state index in [0.29, 0.717) is 11.4 Å². The third-order valence-electron chi connectivity index (χ3n) is 2.42. The molecule has 1 heterocycles. The van der Waals surface area contributed by atoms with Crippen LogP contribution < -0.4 is 5.73 Å². The minimum absolute atomic E-state index is 0.0914. The van der Waals surface area contributed by atoms with Crippen LogP contribution in [0.1, 0.15) is 18.0 Å². The third-order valence-corrected chi connectivity index (χ3v) is 2.59. The number of hydrogen-bond acceptors (Lipinski definition) is 2. The Morgan fingerprint density at radius 2 is 2.06 bits per heavy atom. The van der Waals surface area contributed by atoms with Gasteiger partial charge in [0.05, 0.1) is 11.0 Å². The second-order valence-corrected chi connectivity index (χ2v) is 4.11. The SMILES string of the molecule is NC(=S)CC(c1ccccc1)n1cccn1. The van der Waals surface area contributed by atoms with Gasteiger partial charge in [0.15, 0.2) is 0 Å². The second-order valence-electron chi connectivity index (χ2n) is 3.58. The van der Waals surface area contributed by atoms with Crippen LogP contribution in [-0.2, 0) is 0 Å². The number of nitrogens with two attached hydrogens (primary N) is 1. The van der Waals surface area contributed by atoms with Crippen molar-refractivity contribution in [1.82, 2.24) is 9.78 Å². The molecule has 0 radical (unpaired) electrons. The van der Waals surface area contributed by atoms with E-state index in [1.54, 1.807) is 6.20 Å². The van der Waals surface area contributed by atoms with Crippen LogP contribution in [0.3, 0.4) is 0 Å². The number of rotatable bonds is 4. The van der Waals surface area contributed by atoms with E-state index in [1.807, 2.05) is 35.1 Å². The van der Waals surface area contributed by atoms with Crippen LogP contribution >= 0.6 is 12.2 Å². The number of hydrogen-bond donors (Lipinski definition) is 1. The summed E-state index contributed by atoms with van der Waals surface area (Å²) in [5, 5.41) is 4.25. The smallest absolute Gasteiger partial charge is 0.0831 e. The van der Waals surface area contributed by atoms with Crippen molar-refractivity contribution in [3.05, 3.63) is 54.4 Å². The molecule has 4 heteroatoms. The van der Waals surface area contributed by atoms with Gasteiger partial charge in [-0.25, -0.2) is 0 Å². The van der Waals surface area contributed by atoms with Crippen LogP contribution in [-0.4, -0.2) is 14.8 Å². The highest BCUT2D eigenvalue weighted by Gasteiger charge is 2.14. The Kier molecular flexibility index (Phi) is 3.31. The normalized spacial score (nSPS) is 12.2. The first-order valence-corrected chi connectivity index (χ1v) is 5.50. The van der Waals surface area contributed by atoms with Gasteiger partial charge in [-0.2, -0.15) is 5.10 Å². The Labute approximate surface area is 99.9 Å². The maximum absolute atomic E-state index is 5.63. The largest absolute Gasteiger partial charge is 0.393 e. The Morgan fingerprint density at radius 1 is 1.31 bits per heavy atom. The van der Waals surface area contributed by atoms with Crippen molar-refractivity contribution in [2.24, 2.45) is 5.73 Å². The molecule has 0 aliphatic rings. The first-order valence-electron chi connectivity index (χ1n) is 5.10. The molecule has 1 unspecified atom stereocenters. The molecule has 0 saturated heterocycles. The Balaban J connectivity index is 2.32. The highest BCUT2D eigenvalue weighted by Crippen LogP contribution is 2.20. The van der Waals surface area contributed by atoms with Crippen molar-refractivity contribution in [3.63, 3.8) is 0 Å². The van der Waals surface area contributed by atoms with Gasteiger partial charge in [0, 0.05) is 18.8 Å². The fraction of sp³-hybridized carbons (Fsp3) is 0.167. The van der Waals surface area contributed by atoms with E-state index in [4.69, 9.17) is 18.0 Å². The summed E-state index contributed by atoms with van der Waals surface area (Å²) in [6.45, 7) is 0.